The third-order valence-corrected chi connectivity index (χ3v) is 2.97. The zero-order chi connectivity index (χ0) is 11.2. The van der Waals surface area contributed by atoms with Crippen LogP contribution in [-0.4, -0.2) is 9.55 Å². The highest BCUT2D eigenvalue weighted by molar-refractivity contribution is 9.10. The van der Waals surface area contributed by atoms with Crippen LogP contribution < -0.4 is 0 Å². The van der Waals surface area contributed by atoms with Crippen LogP contribution in [0, 0.1) is 6.92 Å². The second-order valence-corrected chi connectivity index (χ2v) is 5.59. The van der Waals surface area contributed by atoms with Crippen LogP contribution in [0.2, 0.25) is 0 Å². The lowest BCUT2D eigenvalue weighted by Gasteiger charge is -2.22. The van der Waals surface area contributed by atoms with Gasteiger partial charge in [0.15, 0.2) is 4.73 Å². The topological polar surface area (TPSA) is 17.8 Å². The molecule has 0 aliphatic heterocycles. The van der Waals surface area contributed by atoms with E-state index in [-0.39, 0.29) is 5.54 Å². The smallest absolute Gasteiger partial charge is 0.178 e. The summed E-state index contributed by atoms with van der Waals surface area (Å²) >= 11 is 3.52. The Kier molecular flexibility index (Phi) is 2.38. The van der Waals surface area contributed by atoms with Crippen LogP contribution in [0.15, 0.2) is 22.9 Å². The first-order valence-corrected chi connectivity index (χ1v) is 5.84. The number of hydrogen-bond acceptors (Lipinski definition) is 1. The first-order chi connectivity index (χ1) is 6.89. The Labute approximate surface area is 98.4 Å². The van der Waals surface area contributed by atoms with E-state index in [0.29, 0.717) is 0 Å². The molecule has 0 bridgehead atoms. The zero-order valence-electron chi connectivity index (χ0n) is 9.50. The van der Waals surface area contributed by atoms with Gasteiger partial charge in [-0.3, -0.25) is 0 Å². The van der Waals surface area contributed by atoms with Gasteiger partial charge in [-0.2, -0.15) is 0 Å². The highest BCUT2D eigenvalue weighted by atomic mass is 79.9. The van der Waals surface area contributed by atoms with Crippen molar-refractivity contribution in [2.45, 2.75) is 33.2 Å². The van der Waals surface area contributed by atoms with E-state index >= 15 is 0 Å². The Morgan fingerprint density at radius 1 is 1.27 bits per heavy atom. The van der Waals surface area contributed by atoms with Crippen molar-refractivity contribution >= 4 is 27.0 Å². The summed E-state index contributed by atoms with van der Waals surface area (Å²) in [6.07, 6.45) is 0. The first-order valence-electron chi connectivity index (χ1n) is 5.05. The predicted octanol–water partition coefficient (Wildman–Crippen LogP) is 3.86. The molecule has 0 radical (unpaired) electrons. The second kappa shape index (κ2) is 3.34. The van der Waals surface area contributed by atoms with Gasteiger partial charge in [0.25, 0.3) is 0 Å². The Hall–Kier alpha value is -0.830. The maximum absolute atomic E-state index is 4.52. The lowest BCUT2D eigenvalue weighted by Crippen LogP contribution is -2.21. The minimum Gasteiger partial charge on any atom is -0.313 e. The summed E-state index contributed by atoms with van der Waals surface area (Å²) in [6, 6.07) is 6.37. The average Bonchev–Trinajstić information content (AvgIpc) is 2.38. The van der Waals surface area contributed by atoms with E-state index < -0.39 is 0 Å². The Morgan fingerprint density at radius 2 is 1.93 bits per heavy atom. The molecule has 2 aromatic rings. The fourth-order valence-electron chi connectivity index (χ4n) is 1.80. The SMILES string of the molecule is Cc1ccc2c(c1)nc(Br)n2C(C)(C)C. The molecule has 1 aromatic carbocycles. The maximum Gasteiger partial charge on any atom is 0.178 e. The highest BCUT2D eigenvalue weighted by Gasteiger charge is 2.19. The van der Waals surface area contributed by atoms with Crippen molar-refractivity contribution in [3.63, 3.8) is 0 Å². The summed E-state index contributed by atoms with van der Waals surface area (Å²) in [5, 5.41) is 0. The van der Waals surface area contributed by atoms with Gasteiger partial charge in [0.2, 0.25) is 0 Å². The summed E-state index contributed by atoms with van der Waals surface area (Å²) in [7, 11) is 0. The van der Waals surface area contributed by atoms with Gasteiger partial charge >= 0.3 is 0 Å². The molecule has 0 N–H and O–H groups in total. The third-order valence-electron chi connectivity index (χ3n) is 2.44. The van der Waals surface area contributed by atoms with E-state index in [9.17, 15) is 0 Å². The molecule has 0 saturated carbocycles. The van der Waals surface area contributed by atoms with Gasteiger partial charge in [-0.1, -0.05) is 6.07 Å². The summed E-state index contributed by atoms with van der Waals surface area (Å²) < 4.78 is 3.11. The Bertz CT molecular complexity index is 506. The molecule has 0 aliphatic rings. The van der Waals surface area contributed by atoms with Gasteiger partial charge in [0.05, 0.1) is 11.0 Å². The molecule has 15 heavy (non-hydrogen) atoms. The fourth-order valence-corrected chi connectivity index (χ4v) is 2.71. The van der Waals surface area contributed by atoms with Crippen LogP contribution in [0.4, 0.5) is 0 Å². The van der Waals surface area contributed by atoms with Crippen LogP contribution >= 0.6 is 15.9 Å². The zero-order valence-corrected chi connectivity index (χ0v) is 11.1. The summed E-state index contributed by atoms with van der Waals surface area (Å²) in [5.74, 6) is 0. The van der Waals surface area contributed by atoms with E-state index in [0.717, 1.165) is 10.3 Å². The van der Waals surface area contributed by atoms with E-state index in [1.807, 2.05) is 0 Å². The third kappa shape index (κ3) is 1.81. The molecule has 2 rings (SSSR count). The molecule has 0 atom stereocenters. The number of benzene rings is 1. The van der Waals surface area contributed by atoms with E-state index in [1.54, 1.807) is 0 Å². The molecule has 1 heterocycles. The molecule has 0 unspecified atom stereocenters. The maximum atomic E-state index is 4.52. The Morgan fingerprint density at radius 3 is 2.53 bits per heavy atom. The van der Waals surface area contributed by atoms with Crippen molar-refractivity contribution in [1.82, 2.24) is 9.55 Å². The number of nitrogens with zero attached hydrogens (tertiary/aromatic N) is 2. The fraction of sp³-hybridized carbons (Fsp3) is 0.417. The van der Waals surface area contributed by atoms with Crippen molar-refractivity contribution in [2.75, 3.05) is 0 Å². The monoisotopic (exact) mass is 266 g/mol. The number of hydrogen-bond donors (Lipinski definition) is 0. The van der Waals surface area contributed by atoms with Crippen molar-refractivity contribution < 1.29 is 0 Å². The van der Waals surface area contributed by atoms with Gasteiger partial charge in [-0.15, -0.1) is 0 Å². The standard InChI is InChI=1S/C12H15BrN2/c1-8-5-6-10-9(7-8)14-11(13)15(10)12(2,3)4/h5-7H,1-4H3. The molecule has 0 saturated heterocycles. The van der Waals surface area contributed by atoms with Crippen LogP contribution in [0.25, 0.3) is 11.0 Å². The van der Waals surface area contributed by atoms with Crippen molar-refractivity contribution in [3.05, 3.63) is 28.5 Å². The van der Waals surface area contributed by atoms with Gasteiger partial charge < -0.3 is 4.57 Å². The molecule has 0 aliphatic carbocycles. The number of fused-ring (bicyclic) bond motifs is 1. The molecule has 3 heteroatoms. The van der Waals surface area contributed by atoms with Crippen molar-refractivity contribution in [3.8, 4) is 0 Å². The Balaban J connectivity index is 2.80. The lowest BCUT2D eigenvalue weighted by molar-refractivity contribution is 0.401. The number of rotatable bonds is 0. The minimum atomic E-state index is 0.0445. The normalized spacial score (nSPS) is 12.3. The van der Waals surface area contributed by atoms with Gasteiger partial charge in [-0.05, 0) is 61.3 Å². The molecule has 2 nitrogen and oxygen atoms in total. The number of imidazole rings is 1. The molecule has 80 valence electrons. The minimum absolute atomic E-state index is 0.0445. The predicted molar refractivity (Wildman–Crippen MR) is 67.2 cm³/mol. The summed E-state index contributed by atoms with van der Waals surface area (Å²) in [6.45, 7) is 8.62. The van der Waals surface area contributed by atoms with Crippen LogP contribution in [0.1, 0.15) is 26.3 Å². The molecular formula is C12H15BrN2. The van der Waals surface area contributed by atoms with Crippen LogP contribution in [0.3, 0.4) is 0 Å². The largest absolute Gasteiger partial charge is 0.313 e. The quantitative estimate of drug-likeness (QED) is 0.708. The lowest BCUT2D eigenvalue weighted by atomic mass is 10.1. The van der Waals surface area contributed by atoms with Gasteiger partial charge in [-0.25, -0.2) is 4.98 Å². The van der Waals surface area contributed by atoms with Crippen LogP contribution in [0.5, 0.6) is 0 Å². The molecule has 0 spiro atoms. The van der Waals surface area contributed by atoms with E-state index in [2.05, 4.69) is 71.4 Å². The molecule has 0 fully saturated rings. The van der Waals surface area contributed by atoms with E-state index in [1.165, 1.54) is 11.1 Å². The first kappa shape index (κ1) is 10.7. The summed E-state index contributed by atoms with van der Waals surface area (Å²) in [4.78, 5) is 4.52. The van der Waals surface area contributed by atoms with Gasteiger partial charge in [0.1, 0.15) is 0 Å². The van der Waals surface area contributed by atoms with Gasteiger partial charge in [0, 0.05) is 5.54 Å². The number of halogens is 1. The molecule has 1 aromatic heterocycles. The average molecular weight is 267 g/mol. The number of aromatic nitrogens is 2. The van der Waals surface area contributed by atoms with Crippen molar-refractivity contribution in [1.29, 1.82) is 0 Å². The molecular weight excluding hydrogens is 252 g/mol. The number of aryl methyl sites for hydroxylation is 1. The highest BCUT2D eigenvalue weighted by Crippen LogP contribution is 2.28. The summed E-state index contributed by atoms with van der Waals surface area (Å²) in [5.41, 5.74) is 3.52. The van der Waals surface area contributed by atoms with Crippen molar-refractivity contribution in [2.24, 2.45) is 0 Å². The molecule has 0 amide bonds. The van der Waals surface area contributed by atoms with E-state index in [4.69, 9.17) is 0 Å². The van der Waals surface area contributed by atoms with Crippen LogP contribution in [-0.2, 0) is 5.54 Å². The second-order valence-electron chi connectivity index (χ2n) is 4.88.